The van der Waals surface area contributed by atoms with Crippen LogP contribution in [0.15, 0.2) is 64.0 Å². The Kier molecular flexibility index (Phi) is 6.32. The van der Waals surface area contributed by atoms with Crippen LogP contribution in [0.25, 0.3) is 0 Å². The fourth-order valence-electron chi connectivity index (χ4n) is 4.61. The smallest absolute Gasteiger partial charge is 0.192 e. The lowest BCUT2D eigenvalue weighted by atomic mass is 9.91. The van der Waals surface area contributed by atoms with Gasteiger partial charge in [-0.1, -0.05) is 27.7 Å². The van der Waals surface area contributed by atoms with Crippen LogP contribution in [0.1, 0.15) is 11.5 Å². The molecule has 2 heterocycles. The number of likely N-dealkylation sites (N-methyl/N-ethyl adjacent to an activating group) is 1. The van der Waals surface area contributed by atoms with Gasteiger partial charge in [0.25, 0.3) is 0 Å². The summed E-state index contributed by atoms with van der Waals surface area (Å²) >= 11 is 0. The number of methoxy groups -OCH3 is 2. The number of nitrogens with one attached hydrogen (secondary N) is 1. The zero-order valence-corrected chi connectivity index (χ0v) is 20.6. The molecule has 8 heteroatoms. The number of Topliss-reactive ketones (excluding diaryl/α,β-unsaturated/α-hetero) is 1. The van der Waals surface area contributed by atoms with Gasteiger partial charge in [-0.2, -0.15) is 0 Å². The van der Waals surface area contributed by atoms with Crippen LogP contribution in [-0.4, -0.2) is 53.2 Å². The molecule has 1 unspecified atom stereocenters. The van der Waals surface area contributed by atoms with Crippen LogP contribution in [0.5, 0.6) is 11.5 Å². The Balaban J connectivity index is 1.45. The number of hydrogen-bond donors (Lipinski definition) is 1. The van der Waals surface area contributed by atoms with Crippen LogP contribution < -0.4 is 24.6 Å². The first-order chi connectivity index (χ1) is 16.1. The lowest BCUT2D eigenvalue weighted by molar-refractivity contribution is -0.115. The number of hydrogen-bond acceptors (Lipinski definition) is 8. The van der Waals surface area contributed by atoms with E-state index in [-0.39, 0.29) is 11.7 Å². The Morgan fingerprint density at radius 2 is 1.82 bits per heavy atom. The number of allylic oxidation sites excluding steroid dienone is 2. The fourth-order valence-corrected chi connectivity index (χ4v) is 7.05. The number of piperazine rings is 1. The molecule has 1 fully saturated rings. The van der Waals surface area contributed by atoms with Crippen LogP contribution in [0, 0.1) is 0 Å². The Hall–Kier alpha value is -2.55. The summed E-state index contributed by atoms with van der Waals surface area (Å²) in [5, 5.41) is 5.49. The molecule has 1 N–H and O–H groups in total. The molecule has 0 amide bonds. The van der Waals surface area contributed by atoms with Gasteiger partial charge in [0.15, 0.2) is 5.78 Å². The molecule has 2 aliphatic heterocycles. The molecule has 0 spiro atoms. The van der Waals surface area contributed by atoms with Crippen molar-refractivity contribution in [3.63, 3.8) is 0 Å². The minimum Gasteiger partial charge on any atom is -0.497 e. The van der Waals surface area contributed by atoms with Crippen molar-refractivity contribution >= 4 is 38.7 Å². The number of carbonyl (C=O) groups excluding carboxylic acids is 1. The van der Waals surface area contributed by atoms with Crippen LogP contribution in [-0.2, 0) is 4.79 Å². The van der Waals surface area contributed by atoms with E-state index in [0.29, 0.717) is 11.5 Å². The molecular weight excluding hydrogens is 454 g/mol. The van der Waals surface area contributed by atoms with Gasteiger partial charge in [0.1, 0.15) is 17.2 Å². The van der Waals surface area contributed by atoms with Gasteiger partial charge in [0.2, 0.25) is 0 Å². The van der Waals surface area contributed by atoms with E-state index >= 15 is 0 Å². The standard InChI is InChI=1S/C25H27N3O3S2/c1-27(16-4-6-17(7-5-16)28-12-10-26-11-13-28)23-24(29)22(20-15-32-33-25(20)23)19-9-8-18(30-2)14-21(19)31-3/h4-9,14-15,22,26H,10-13H2,1-3H3. The van der Waals surface area contributed by atoms with Crippen LogP contribution in [0.2, 0.25) is 0 Å². The number of anilines is 2. The Morgan fingerprint density at radius 3 is 2.52 bits per heavy atom. The summed E-state index contributed by atoms with van der Waals surface area (Å²) in [6.45, 7) is 4.03. The van der Waals surface area contributed by atoms with Crippen molar-refractivity contribution in [2.45, 2.75) is 5.92 Å². The molecule has 1 atom stereocenters. The van der Waals surface area contributed by atoms with Gasteiger partial charge in [-0.3, -0.25) is 4.79 Å². The van der Waals surface area contributed by atoms with Crippen molar-refractivity contribution in [3.8, 4) is 11.5 Å². The first kappa shape index (κ1) is 22.3. The van der Waals surface area contributed by atoms with E-state index in [1.165, 1.54) is 5.69 Å². The maximum absolute atomic E-state index is 13.8. The molecule has 2 aromatic carbocycles. The predicted molar refractivity (Wildman–Crippen MR) is 138 cm³/mol. The first-order valence-corrected chi connectivity index (χ1v) is 13.2. The summed E-state index contributed by atoms with van der Waals surface area (Å²) in [5.74, 6) is 1.10. The van der Waals surface area contributed by atoms with Gasteiger partial charge in [0, 0.05) is 56.2 Å². The number of nitrogens with zero attached hydrogens (tertiary/aromatic N) is 2. The fraction of sp³-hybridized carbons (Fsp3) is 0.320. The topological polar surface area (TPSA) is 54.0 Å². The molecule has 0 saturated carbocycles. The van der Waals surface area contributed by atoms with E-state index in [2.05, 4.69) is 39.9 Å². The van der Waals surface area contributed by atoms with Crippen molar-refractivity contribution in [1.82, 2.24) is 5.32 Å². The maximum atomic E-state index is 13.8. The van der Waals surface area contributed by atoms with Crippen LogP contribution in [0.3, 0.4) is 0 Å². The van der Waals surface area contributed by atoms with Gasteiger partial charge in [-0.25, -0.2) is 0 Å². The third-order valence-corrected chi connectivity index (χ3v) is 8.52. The maximum Gasteiger partial charge on any atom is 0.192 e. The molecule has 0 aromatic heterocycles. The highest BCUT2D eigenvalue weighted by molar-refractivity contribution is 8.79. The number of fused-ring (bicyclic) bond motifs is 1. The van der Waals surface area contributed by atoms with Crippen molar-refractivity contribution in [1.29, 1.82) is 0 Å². The molecule has 33 heavy (non-hydrogen) atoms. The summed E-state index contributed by atoms with van der Waals surface area (Å²) in [7, 11) is 8.56. The average molecular weight is 482 g/mol. The van der Waals surface area contributed by atoms with E-state index in [4.69, 9.17) is 9.47 Å². The molecule has 172 valence electrons. The number of carbonyl (C=O) groups is 1. The zero-order valence-electron chi connectivity index (χ0n) is 19.0. The first-order valence-electron chi connectivity index (χ1n) is 11.0. The molecule has 1 saturated heterocycles. The summed E-state index contributed by atoms with van der Waals surface area (Å²) in [5.41, 5.74) is 4.89. The normalized spacial score (nSPS) is 20.1. The summed E-state index contributed by atoms with van der Waals surface area (Å²) < 4.78 is 11.0. The monoisotopic (exact) mass is 481 g/mol. The lowest BCUT2D eigenvalue weighted by Crippen LogP contribution is -2.43. The zero-order chi connectivity index (χ0) is 22.9. The Morgan fingerprint density at radius 1 is 1.06 bits per heavy atom. The van der Waals surface area contributed by atoms with Crippen molar-refractivity contribution < 1.29 is 14.3 Å². The van der Waals surface area contributed by atoms with Crippen molar-refractivity contribution in [2.75, 3.05) is 57.2 Å². The van der Waals surface area contributed by atoms with E-state index in [9.17, 15) is 4.79 Å². The largest absolute Gasteiger partial charge is 0.497 e. The quantitative estimate of drug-likeness (QED) is 0.609. The second-order valence-corrected chi connectivity index (χ2v) is 10.2. The van der Waals surface area contributed by atoms with Crippen molar-refractivity contribution in [2.24, 2.45) is 0 Å². The molecule has 6 nitrogen and oxygen atoms in total. The van der Waals surface area contributed by atoms with Gasteiger partial charge in [-0.05, 0) is 41.3 Å². The highest BCUT2D eigenvalue weighted by atomic mass is 33.1. The highest BCUT2D eigenvalue weighted by Crippen LogP contribution is 2.57. The Bertz CT molecular complexity index is 1120. The summed E-state index contributed by atoms with van der Waals surface area (Å²) in [4.78, 5) is 19.3. The Labute approximate surface area is 202 Å². The van der Waals surface area contributed by atoms with E-state index in [0.717, 1.165) is 53.6 Å². The highest BCUT2D eigenvalue weighted by Gasteiger charge is 2.44. The predicted octanol–water partition coefficient (Wildman–Crippen LogP) is 4.41. The minimum absolute atomic E-state index is 0.0983. The van der Waals surface area contributed by atoms with Crippen LogP contribution in [0.4, 0.5) is 11.4 Å². The molecule has 3 aliphatic rings. The average Bonchev–Trinajstić information content (AvgIpc) is 3.43. The van der Waals surface area contributed by atoms with Gasteiger partial charge in [-0.15, -0.1) is 0 Å². The van der Waals surface area contributed by atoms with Crippen LogP contribution >= 0.6 is 21.6 Å². The van der Waals surface area contributed by atoms with Gasteiger partial charge < -0.3 is 24.6 Å². The third-order valence-electron chi connectivity index (χ3n) is 6.40. The molecule has 1 aliphatic carbocycles. The van der Waals surface area contributed by atoms with E-state index in [1.807, 2.05) is 30.1 Å². The number of ether oxygens (including phenoxy) is 2. The van der Waals surface area contributed by atoms with E-state index in [1.54, 1.807) is 35.8 Å². The second kappa shape index (κ2) is 9.37. The second-order valence-electron chi connectivity index (χ2n) is 8.15. The molecule has 0 bridgehead atoms. The molecular formula is C25H27N3O3S2. The molecule has 5 rings (SSSR count). The van der Waals surface area contributed by atoms with Gasteiger partial charge >= 0.3 is 0 Å². The minimum atomic E-state index is -0.374. The van der Waals surface area contributed by atoms with E-state index < -0.39 is 0 Å². The number of ketones is 1. The number of rotatable bonds is 6. The third kappa shape index (κ3) is 4.00. The molecule has 0 radical (unpaired) electrons. The van der Waals surface area contributed by atoms with Crippen molar-refractivity contribution in [3.05, 3.63) is 69.6 Å². The summed E-state index contributed by atoms with van der Waals surface area (Å²) in [6.07, 6.45) is 0. The SMILES string of the molecule is COc1ccc(C2C(=O)C(N(C)c3ccc(N4CCNCC4)cc3)=C3SSC=C32)c(OC)c1. The lowest BCUT2D eigenvalue weighted by Gasteiger charge is -2.30. The van der Waals surface area contributed by atoms with Gasteiger partial charge in [0.05, 0.1) is 25.0 Å². The summed E-state index contributed by atoms with van der Waals surface area (Å²) in [6, 6.07) is 14.2. The molecule has 2 aromatic rings. The number of benzene rings is 2.